The third-order valence-corrected chi connectivity index (χ3v) is 8.51. The lowest BCUT2D eigenvalue weighted by Crippen LogP contribution is -2.56. The molecule has 1 unspecified atom stereocenters. The second-order valence-corrected chi connectivity index (χ2v) is 12.5. The zero-order valence-electron chi connectivity index (χ0n) is 24.0. The topological polar surface area (TPSA) is 136 Å². The molecule has 2 fully saturated rings. The molecule has 3 amide bonds. The van der Waals surface area contributed by atoms with Gasteiger partial charge in [0.05, 0.1) is 17.2 Å². The lowest BCUT2D eigenvalue weighted by molar-refractivity contribution is -0.133. The number of alkyl halides is 2. The van der Waals surface area contributed by atoms with Crippen LogP contribution in [-0.2, 0) is 19.9 Å². The summed E-state index contributed by atoms with van der Waals surface area (Å²) in [5.41, 5.74) is -1.19. The summed E-state index contributed by atoms with van der Waals surface area (Å²) in [6.07, 6.45) is -0.848. The Labute approximate surface area is 269 Å². The number of pyridine rings is 1. The molecule has 1 aromatic heterocycles. The summed E-state index contributed by atoms with van der Waals surface area (Å²) in [7, 11) is 0. The fourth-order valence-electron chi connectivity index (χ4n) is 5.24. The molecule has 14 heteroatoms. The van der Waals surface area contributed by atoms with Crippen LogP contribution in [0.5, 0.6) is 0 Å². The molecule has 1 saturated carbocycles. The van der Waals surface area contributed by atoms with E-state index in [1.54, 1.807) is 24.3 Å². The van der Waals surface area contributed by atoms with Gasteiger partial charge >= 0.3 is 6.09 Å². The first-order valence-electron chi connectivity index (χ1n) is 13.8. The number of anilines is 2. The molecule has 3 aromatic rings. The SMILES string of the molecule is CC(C)(O)c1cc(F)cc(N(C(=O)[C@@H]2COC(=O)N2c2cc(C#N)ccn2)C(C(=O)NC2CC(F)(F)C2)c2ccccc2I)c1. The summed E-state index contributed by atoms with van der Waals surface area (Å²) >= 11 is 1.96. The monoisotopic (exact) mass is 733 g/mol. The molecule has 5 rings (SSSR count). The summed E-state index contributed by atoms with van der Waals surface area (Å²) < 4.78 is 48.4. The minimum absolute atomic E-state index is 0.0711. The number of ether oxygens (including phenoxy) is 1. The van der Waals surface area contributed by atoms with Gasteiger partial charge in [-0.3, -0.25) is 14.5 Å². The van der Waals surface area contributed by atoms with E-state index in [-0.39, 0.29) is 22.6 Å². The summed E-state index contributed by atoms with van der Waals surface area (Å²) in [6.45, 7) is 2.35. The molecule has 234 valence electrons. The summed E-state index contributed by atoms with van der Waals surface area (Å²) in [6, 6.07) is 10.8. The highest BCUT2D eigenvalue weighted by molar-refractivity contribution is 14.1. The molecule has 2 atom stereocenters. The van der Waals surface area contributed by atoms with Gasteiger partial charge < -0.3 is 15.2 Å². The average Bonchev–Trinajstić information content (AvgIpc) is 3.35. The Bertz CT molecular complexity index is 1700. The van der Waals surface area contributed by atoms with Gasteiger partial charge in [-0.2, -0.15) is 5.26 Å². The summed E-state index contributed by atoms with van der Waals surface area (Å²) in [4.78, 5) is 47.7. The number of amides is 3. The Morgan fingerprint density at radius 3 is 2.58 bits per heavy atom. The van der Waals surface area contributed by atoms with Crippen LogP contribution in [0.25, 0.3) is 0 Å². The van der Waals surface area contributed by atoms with Crippen LogP contribution in [0.15, 0.2) is 60.8 Å². The van der Waals surface area contributed by atoms with Crippen molar-refractivity contribution in [2.45, 2.75) is 56.3 Å². The number of nitrogens with zero attached hydrogens (tertiary/aromatic N) is 4. The molecule has 2 heterocycles. The van der Waals surface area contributed by atoms with Crippen LogP contribution in [0, 0.1) is 20.7 Å². The number of carbonyl (C=O) groups excluding carboxylic acids is 3. The second kappa shape index (κ2) is 12.3. The molecular weight excluding hydrogens is 706 g/mol. The van der Waals surface area contributed by atoms with Crippen LogP contribution in [0.4, 0.5) is 29.5 Å². The molecule has 0 radical (unpaired) electrons. The zero-order valence-corrected chi connectivity index (χ0v) is 26.2. The van der Waals surface area contributed by atoms with Crippen molar-refractivity contribution in [2.75, 3.05) is 16.4 Å². The first-order valence-corrected chi connectivity index (χ1v) is 14.9. The number of benzene rings is 2. The van der Waals surface area contributed by atoms with Crippen molar-refractivity contribution < 1.29 is 37.4 Å². The van der Waals surface area contributed by atoms with Crippen LogP contribution in [0.1, 0.15) is 49.4 Å². The van der Waals surface area contributed by atoms with E-state index in [0.717, 1.165) is 21.9 Å². The predicted molar refractivity (Wildman–Crippen MR) is 164 cm³/mol. The van der Waals surface area contributed by atoms with Gasteiger partial charge in [-0.05, 0) is 84.0 Å². The minimum Gasteiger partial charge on any atom is -0.446 e. The Kier molecular flexibility index (Phi) is 8.78. The van der Waals surface area contributed by atoms with E-state index < -0.39 is 72.8 Å². The molecule has 2 N–H and O–H groups in total. The Balaban J connectivity index is 1.68. The largest absolute Gasteiger partial charge is 0.446 e. The Hall–Kier alpha value is -4.23. The Morgan fingerprint density at radius 2 is 1.93 bits per heavy atom. The van der Waals surface area contributed by atoms with Crippen molar-refractivity contribution in [1.29, 1.82) is 5.26 Å². The first-order chi connectivity index (χ1) is 21.2. The van der Waals surface area contributed by atoms with Crippen molar-refractivity contribution in [3.05, 3.63) is 86.9 Å². The number of nitriles is 1. The number of aliphatic hydroxyl groups is 1. The third-order valence-electron chi connectivity index (χ3n) is 7.53. The van der Waals surface area contributed by atoms with E-state index >= 15 is 4.39 Å². The van der Waals surface area contributed by atoms with Gasteiger partial charge in [-0.15, -0.1) is 0 Å². The highest BCUT2D eigenvalue weighted by Gasteiger charge is 2.49. The van der Waals surface area contributed by atoms with E-state index in [2.05, 4.69) is 10.3 Å². The van der Waals surface area contributed by atoms with E-state index in [1.807, 2.05) is 28.7 Å². The lowest BCUT2D eigenvalue weighted by Gasteiger charge is -2.39. The minimum atomic E-state index is -2.94. The van der Waals surface area contributed by atoms with Gasteiger partial charge in [0.1, 0.15) is 24.3 Å². The van der Waals surface area contributed by atoms with Gasteiger partial charge in [-0.1, -0.05) is 18.2 Å². The van der Waals surface area contributed by atoms with E-state index in [9.17, 15) is 33.5 Å². The number of rotatable bonds is 8. The molecule has 1 aliphatic heterocycles. The highest BCUT2D eigenvalue weighted by Crippen LogP contribution is 2.40. The normalized spacial score (nSPS) is 18.4. The fourth-order valence-corrected chi connectivity index (χ4v) is 5.93. The van der Waals surface area contributed by atoms with Crippen molar-refractivity contribution in [1.82, 2.24) is 10.3 Å². The van der Waals surface area contributed by atoms with Crippen LogP contribution in [0.3, 0.4) is 0 Å². The zero-order chi connectivity index (χ0) is 32.7. The number of carbonyl (C=O) groups is 3. The van der Waals surface area contributed by atoms with Gasteiger partial charge in [0.2, 0.25) is 5.91 Å². The van der Waals surface area contributed by atoms with Gasteiger partial charge in [0, 0.05) is 34.3 Å². The van der Waals surface area contributed by atoms with E-state index in [0.29, 0.717) is 9.13 Å². The first kappa shape index (κ1) is 32.2. The highest BCUT2D eigenvalue weighted by atomic mass is 127. The molecule has 45 heavy (non-hydrogen) atoms. The number of nitrogens with one attached hydrogen (secondary N) is 1. The van der Waals surface area contributed by atoms with Crippen molar-refractivity contribution in [2.24, 2.45) is 0 Å². The molecule has 1 aliphatic carbocycles. The van der Waals surface area contributed by atoms with Gasteiger partial charge in [0.15, 0.2) is 6.04 Å². The van der Waals surface area contributed by atoms with Crippen molar-refractivity contribution in [3.8, 4) is 6.07 Å². The van der Waals surface area contributed by atoms with Crippen LogP contribution in [-0.4, -0.2) is 52.6 Å². The number of aromatic nitrogens is 1. The maximum Gasteiger partial charge on any atom is 0.416 e. The Morgan fingerprint density at radius 1 is 1.22 bits per heavy atom. The van der Waals surface area contributed by atoms with Crippen molar-refractivity contribution >= 4 is 52.0 Å². The molecular formula is C31H27F3IN5O5. The van der Waals surface area contributed by atoms with E-state index in [4.69, 9.17) is 4.74 Å². The molecule has 10 nitrogen and oxygen atoms in total. The molecule has 0 spiro atoms. The standard InChI is InChI=1S/C31H27F3IN5O5/c1-30(2,44)18-10-19(32)12-21(11-18)39(28(42)24-16-45-29(43)40(24)25-9-17(15-36)7-8-37-25)26(22-5-3-4-6-23(22)35)27(41)38-20-13-31(33,34)14-20/h3-12,20,24,26,44H,13-14,16H2,1-2H3,(H,38,41)/t24-,26?/m0/s1. The maximum absolute atomic E-state index is 15.2. The lowest BCUT2D eigenvalue weighted by atomic mass is 9.87. The average molecular weight is 733 g/mol. The van der Waals surface area contributed by atoms with Gasteiger partial charge in [0.25, 0.3) is 11.8 Å². The number of hydrogen-bond acceptors (Lipinski definition) is 7. The van der Waals surface area contributed by atoms with Crippen LogP contribution >= 0.6 is 22.6 Å². The summed E-state index contributed by atoms with van der Waals surface area (Å²) in [5.74, 6) is -5.55. The summed E-state index contributed by atoms with van der Waals surface area (Å²) in [5, 5.41) is 22.7. The van der Waals surface area contributed by atoms with Crippen LogP contribution < -0.4 is 15.1 Å². The quantitative estimate of drug-likeness (QED) is 0.314. The molecule has 0 bridgehead atoms. The molecule has 2 aliphatic rings. The second-order valence-electron chi connectivity index (χ2n) is 11.3. The fraction of sp³-hybridized carbons (Fsp3) is 0.323. The molecule has 1 saturated heterocycles. The third kappa shape index (κ3) is 6.74. The van der Waals surface area contributed by atoms with Crippen molar-refractivity contribution in [3.63, 3.8) is 0 Å². The van der Waals surface area contributed by atoms with Gasteiger partial charge in [-0.25, -0.2) is 27.8 Å². The predicted octanol–water partition coefficient (Wildman–Crippen LogP) is 4.94. The van der Waals surface area contributed by atoms with Crippen LogP contribution in [0.2, 0.25) is 0 Å². The smallest absolute Gasteiger partial charge is 0.416 e. The number of hydrogen-bond donors (Lipinski definition) is 2. The molecule has 2 aromatic carbocycles. The number of halogens is 4. The maximum atomic E-state index is 15.2. The number of cyclic esters (lactones) is 1. The van der Waals surface area contributed by atoms with E-state index in [1.165, 1.54) is 38.2 Å².